The van der Waals surface area contributed by atoms with Crippen molar-refractivity contribution in [1.29, 1.82) is 0 Å². The van der Waals surface area contributed by atoms with Gasteiger partial charge in [-0.1, -0.05) is 42.5 Å². The summed E-state index contributed by atoms with van der Waals surface area (Å²) in [5, 5.41) is 25.6. The molecule has 27 heavy (non-hydrogen) atoms. The topological polar surface area (TPSA) is 104 Å². The van der Waals surface area contributed by atoms with Crippen molar-refractivity contribution in [2.24, 2.45) is 0 Å². The Bertz CT molecular complexity index is 782. The van der Waals surface area contributed by atoms with E-state index in [0.29, 0.717) is 16.9 Å². The Morgan fingerprint density at radius 3 is 1.41 bits per heavy atom. The standard InChI is InChI=1S/C7H8O2.2C7H6O2/c1-9-7-4-2-3-6(8)5-7;2*8-7(9)6-4-2-1-3-5-6/h2-5,8H,1H3;2*1-5H,(H,8,9). The number of rotatable bonds is 3. The molecule has 0 aliphatic rings. The Morgan fingerprint density at radius 1 is 0.704 bits per heavy atom. The van der Waals surface area contributed by atoms with E-state index in [-0.39, 0.29) is 5.75 Å². The Kier molecular flexibility index (Phi) is 9.21. The number of hydrogen-bond acceptors (Lipinski definition) is 4. The summed E-state index contributed by atoms with van der Waals surface area (Å²) in [6.07, 6.45) is 0. The van der Waals surface area contributed by atoms with Crippen LogP contribution in [-0.2, 0) is 0 Å². The van der Waals surface area contributed by atoms with Crippen molar-refractivity contribution in [3.8, 4) is 11.5 Å². The van der Waals surface area contributed by atoms with Crippen LogP contribution in [0.4, 0.5) is 0 Å². The third-order valence-corrected chi connectivity index (χ3v) is 3.09. The van der Waals surface area contributed by atoms with Crippen LogP contribution in [0.2, 0.25) is 0 Å². The molecule has 0 heterocycles. The fraction of sp³-hybridized carbons (Fsp3) is 0.0476. The molecule has 140 valence electrons. The molecule has 0 radical (unpaired) electrons. The number of carbonyl (C=O) groups is 2. The van der Waals surface area contributed by atoms with Crippen molar-refractivity contribution in [3.05, 3.63) is 96.1 Å². The van der Waals surface area contributed by atoms with Crippen molar-refractivity contribution in [3.63, 3.8) is 0 Å². The molecule has 0 aliphatic carbocycles. The molecular formula is C21H20O6. The van der Waals surface area contributed by atoms with Gasteiger partial charge in [0.25, 0.3) is 0 Å². The van der Waals surface area contributed by atoms with Gasteiger partial charge in [0, 0.05) is 6.07 Å². The maximum Gasteiger partial charge on any atom is 0.335 e. The zero-order valence-electron chi connectivity index (χ0n) is 14.6. The van der Waals surface area contributed by atoms with Gasteiger partial charge in [-0.15, -0.1) is 0 Å². The average Bonchev–Trinajstić information content (AvgIpc) is 2.70. The largest absolute Gasteiger partial charge is 0.508 e. The fourth-order valence-electron chi connectivity index (χ4n) is 1.77. The summed E-state index contributed by atoms with van der Waals surface area (Å²) in [7, 11) is 1.56. The van der Waals surface area contributed by atoms with Crippen LogP contribution in [0.1, 0.15) is 20.7 Å². The second kappa shape index (κ2) is 11.7. The van der Waals surface area contributed by atoms with E-state index in [1.807, 2.05) is 0 Å². The smallest absolute Gasteiger partial charge is 0.335 e. The Hall–Kier alpha value is -3.80. The quantitative estimate of drug-likeness (QED) is 0.641. The molecule has 0 amide bonds. The van der Waals surface area contributed by atoms with Gasteiger partial charge < -0.3 is 20.1 Å². The SMILES string of the molecule is COc1cccc(O)c1.O=C(O)c1ccccc1.O=C(O)c1ccccc1. The van der Waals surface area contributed by atoms with Gasteiger partial charge in [0.1, 0.15) is 11.5 Å². The lowest BCUT2D eigenvalue weighted by atomic mass is 10.2. The lowest BCUT2D eigenvalue weighted by Crippen LogP contribution is -1.93. The fourth-order valence-corrected chi connectivity index (χ4v) is 1.77. The van der Waals surface area contributed by atoms with Gasteiger partial charge in [0.2, 0.25) is 0 Å². The molecule has 0 fully saturated rings. The van der Waals surface area contributed by atoms with Gasteiger partial charge in [-0.25, -0.2) is 9.59 Å². The van der Waals surface area contributed by atoms with E-state index in [1.165, 1.54) is 0 Å². The molecule has 0 saturated carbocycles. The molecule has 0 aromatic heterocycles. The summed E-state index contributed by atoms with van der Waals surface area (Å²) in [6, 6.07) is 23.3. The van der Waals surface area contributed by atoms with E-state index >= 15 is 0 Å². The molecule has 3 rings (SSSR count). The van der Waals surface area contributed by atoms with Gasteiger partial charge in [-0.05, 0) is 36.4 Å². The van der Waals surface area contributed by atoms with E-state index in [9.17, 15) is 9.59 Å². The number of aromatic carboxylic acids is 2. The molecule has 0 bridgehead atoms. The summed E-state index contributed by atoms with van der Waals surface area (Å²) in [5.74, 6) is -0.851. The molecular weight excluding hydrogens is 348 g/mol. The third kappa shape index (κ3) is 8.74. The number of carboxylic acid groups (broad SMARTS) is 2. The zero-order valence-corrected chi connectivity index (χ0v) is 14.6. The minimum Gasteiger partial charge on any atom is -0.508 e. The van der Waals surface area contributed by atoms with E-state index in [0.717, 1.165) is 0 Å². The van der Waals surface area contributed by atoms with E-state index < -0.39 is 11.9 Å². The highest BCUT2D eigenvalue weighted by molar-refractivity contribution is 5.87. The van der Waals surface area contributed by atoms with Crippen LogP contribution in [0.15, 0.2) is 84.9 Å². The highest BCUT2D eigenvalue weighted by Crippen LogP contribution is 2.16. The lowest BCUT2D eigenvalue weighted by Gasteiger charge is -1.97. The van der Waals surface area contributed by atoms with E-state index in [4.69, 9.17) is 20.1 Å². The van der Waals surface area contributed by atoms with Crippen molar-refractivity contribution < 1.29 is 29.6 Å². The Labute approximate surface area is 156 Å². The van der Waals surface area contributed by atoms with Crippen LogP contribution in [0.5, 0.6) is 11.5 Å². The van der Waals surface area contributed by atoms with Crippen LogP contribution in [0, 0.1) is 0 Å². The van der Waals surface area contributed by atoms with Crippen molar-refractivity contribution >= 4 is 11.9 Å². The first-order valence-corrected chi connectivity index (χ1v) is 7.83. The number of phenols is 1. The normalized spacial score (nSPS) is 8.93. The predicted molar refractivity (Wildman–Crippen MR) is 101 cm³/mol. The van der Waals surface area contributed by atoms with E-state index in [1.54, 1.807) is 92.0 Å². The van der Waals surface area contributed by atoms with Crippen molar-refractivity contribution in [1.82, 2.24) is 0 Å². The average molecular weight is 368 g/mol. The minimum atomic E-state index is -0.879. The first-order chi connectivity index (χ1) is 12.9. The number of aromatic hydroxyl groups is 1. The number of carboxylic acids is 2. The second-order valence-corrected chi connectivity index (χ2v) is 5.04. The highest BCUT2D eigenvalue weighted by atomic mass is 16.5. The predicted octanol–water partition coefficient (Wildman–Crippen LogP) is 4.17. The summed E-state index contributed by atoms with van der Waals surface area (Å²) < 4.78 is 4.84. The van der Waals surface area contributed by atoms with Crippen LogP contribution < -0.4 is 4.74 Å². The molecule has 0 atom stereocenters. The van der Waals surface area contributed by atoms with Crippen LogP contribution in [0.25, 0.3) is 0 Å². The Morgan fingerprint density at radius 2 is 1.15 bits per heavy atom. The van der Waals surface area contributed by atoms with Gasteiger partial charge in [0.15, 0.2) is 0 Å². The summed E-state index contributed by atoms with van der Waals surface area (Å²) in [5.41, 5.74) is 0.662. The lowest BCUT2D eigenvalue weighted by molar-refractivity contribution is 0.0686. The molecule has 6 heteroatoms. The van der Waals surface area contributed by atoms with Gasteiger partial charge in [-0.2, -0.15) is 0 Å². The van der Waals surface area contributed by atoms with Gasteiger partial charge in [0.05, 0.1) is 18.2 Å². The molecule has 3 N–H and O–H groups in total. The molecule has 6 nitrogen and oxygen atoms in total. The molecule has 0 aliphatic heterocycles. The highest BCUT2D eigenvalue weighted by Gasteiger charge is 1.97. The van der Waals surface area contributed by atoms with Crippen molar-refractivity contribution in [2.45, 2.75) is 0 Å². The van der Waals surface area contributed by atoms with Crippen LogP contribution >= 0.6 is 0 Å². The first-order valence-electron chi connectivity index (χ1n) is 7.83. The van der Waals surface area contributed by atoms with Gasteiger partial charge >= 0.3 is 11.9 Å². The second-order valence-electron chi connectivity index (χ2n) is 5.04. The first kappa shape index (κ1) is 21.2. The molecule has 3 aromatic carbocycles. The molecule has 0 saturated heterocycles. The van der Waals surface area contributed by atoms with Gasteiger partial charge in [-0.3, -0.25) is 0 Å². The monoisotopic (exact) mass is 368 g/mol. The molecule has 0 spiro atoms. The minimum absolute atomic E-state index is 0.231. The summed E-state index contributed by atoms with van der Waals surface area (Å²) in [6.45, 7) is 0. The summed E-state index contributed by atoms with van der Waals surface area (Å²) >= 11 is 0. The van der Waals surface area contributed by atoms with Crippen LogP contribution in [-0.4, -0.2) is 34.4 Å². The van der Waals surface area contributed by atoms with Crippen molar-refractivity contribution in [2.75, 3.05) is 7.11 Å². The number of ether oxygens (including phenoxy) is 1. The number of methoxy groups -OCH3 is 1. The number of benzene rings is 3. The Balaban J connectivity index is 0.000000202. The zero-order chi connectivity index (χ0) is 20.1. The molecule has 3 aromatic rings. The number of phenolic OH excluding ortho intramolecular Hbond substituents is 1. The maximum absolute atomic E-state index is 10.2. The summed E-state index contributed by atoms with van der Waals surface area (Å²) in [4.78, 5) is 20.4. The molecule has 0 unspecified atom stereocenters. The maximum atomic E-state index is 10.2. The van der Waals surface area contributed by atoms with Crippen LogP contribution in [0.3, 0.4) is 0 Å². The van der Waals surface area contributed by atoms with E-state index in [2.05, 4.69) is 0 Å². The third-order valence-electron chi connectivity index (χ3n) is 3.09. The number of hydrogen-bond donors (Lipinski definition) is 3.